The fourth-order valence-electron chi connectivity index (χ4n) is 6.37. The molecule has 0 radical (unpaired) electrons. The highest BCUT2D eigenvalue weighted by atomic mass is 16.5. The average molecular weight is 250 g/mol. The molecule has 4 aliphatic rings. The number of nitrogens with two attached hydrogens (primary N) is 1. The summed E-state index contributed by atoms with van der Waals surface area (Å²) >= 11 is 0. The lowest BCUT2D eigenvalue weighted by Gasteiger charge is -2.92. The zero-order valence-corrected chi connectivity index (χ0v) is 11.3. The molecule has 4 rings (SSSR count). The second-order valence-electron chi connectivity index (χ2n) is 7.08. The van der Waals surface area contributed by atoms with E-state index in [0.29, 0.717) is 13.2 Å². The van der Waals surface area contributed by atoms with Crippen LogP contribution in [0.2, 0.25) is 0 Å². The summed E-state index contributed by atoms with van der Waals surface area (Å²) in [6, 6.07) is 0. The fraction of sp³-hybridized carbons (Fsp3) is 1.00. The van der Waals surface area contributed by atoms with E-state index in [0.717, 1.165) is 41.7 Å². The number of rotatable bonds is 8. The Morgan fingerprint density at radius 2 is 1.83 bits per heavy atom. The van der Waals surface area contributed by atoms with Crippen molar-refractivity contribution in [1.29, 1.82) is 0 Å². The van der Waals surface area contributed by atoms with Gasteiger partial charge in [0.15, 0.2) is 0 Å². The monoisotopic (exact) mass is 250 g/mol. The summed E-state index contributed by atoms with van der Waals surface area (Å²) in [5, 5.41) is 3.54. The molecule has 3 nitrogen and oxygen atoms in total. The molecule has 0 aromatic carbocycles. The Hall–Kier alpha value is -0.120. The number of hydrogen-bond donors (Lipinski definition) is 2. The highest BCUT2D eigenvalue weighted by molar-refractivity contribution is 5.35. The minimum absolute atomic E-state index is 0.635. The van der Waals surface area contributed by atoms with Crippen LogP contribution in [0.1, 0.15) is 32.1 Å². The predicted octanol–water partition coefficient (Wildman–Crippen LogP) is 1.38. The van der Waals surface area contributed by atoms with Crippen LogP contribution in [0.15, 0.2) is 0 Å². The van der Waals surface area contributed by atoms with Crippen molar-refractivity contribution in [1.82, 2.24) is 5.32 Å². The first kappa shape index (κ1) is 11.7. The molecular weight excluding hydrogens is 224 g/mol. The van der Waals surface area contributed by atoms with Gasteiger partial charge in [-0.05, 0) is 67.2 Å². The fourth-order valence-corrected chi connectivity index (χ4v) is 6.37. The van der Waals surface area contributed by atoms with Gasteiger partial charge in [-0.15, -0.1) is 0 Å². The van der Waals surface area contributed by atoms with Gasteiger partial charge in [-0.1, -0.05) is 0 Å². The molecule has 0 saturated heterocycles. The van der Waals surface area contributed by atoms with Crippen molar-refractivity contribution >= 4 is 0 Å². The smallest absolute Gasteiger partial charge is 0.0591 e. The molecule has 0 aromatic rings. The van der Waals surface area contributed by atoms with Gasteiger partial charge in [0, 0.05) is 13.1 Å². The van der Waals surface area contributed by atoms with Gasteiger partial charge in [0.1, 0.15) is 0 Å². The molecule has 0 aromatic heterocycles. The third-order valence-electron chi connectivity index (χ3n) is 6.82. The van der Waals surface area contributed by atoms with Gasteiger partial charge in [-0.2, -0.15) is 0 Å². The van der Waals surface area contributed by atoms with E-state index in [2.05, 4.69) is 5.32 Å². The molecule has 2 atom stereocenters. The third kappa shape index (κ3) is 1.17. The van der Waals surface area contributed by atoms with Crippen LogP contribution < -0.4 is 11.1 Å². The van der Waals surface area contributed by atoms with Crippen LogP contribution in [0.5, 0.6) is 0 Å². The van der Waals surface area contributed by atoms with Gasteiger partial charge in [0.05, 0.1) is 13.2 Å². The van der Waals surface area contributed by atoms with Crippen molar-refractivity contribution in [3.8, 4) is 0 Å². The van der Waals surface area contributed by atoms with Gasteiger partial charge in [-0.3, -0.25) is 0 Å². The van der Waals surface area contributed by atoms with Crippen molar-refractivity contribution in [2.75, 3.05) is 32.8 Å². The summed E-state index contributed by atoms with van der Waals surface area (Å²) in [5.74, 6) is 3.47. The van der Waals surface area contributed by atoms with Crippen molar-refractivity contribution in [2.45, 2.75) is 32.1 Å². The standard InChI is InChI=1S/C15H26N2O/c16-2-5-18-6-4-17-3-1-14-9-12-7-11-8-13(10-14)15(11,12)14/h11-13,17H,1-10,16H2. The molecule has 4 aliphatic carbocycles. The van der Waals surface area contributed by atoms with E-state index in [1.165, 1.54) is 13.0 Å². The summed E-state index contributed by atoms with van der Waals surface area (Å²) in [4.78, 5) is 0. The summed E-state index contributed by atoms with van der Waals surface area (Å²) < 4.78 is 5.38. The van der Waals surface area contributed by atoms with Crippen LogP contribution in [0.4, 0.5) is 0 Å². The zero-order chi connectivity index (χ0) is 12.2. The normalized spacial score (nSPS) is 50.2. The van der Waals surface area contributed by atoms with Gasteiger partial charge >= 0.3 is 0 Å². The van der Waals surface area contributed by atoms with Gasteiger partial charge < -0.3 is 15.8 Å². The van der Waals surface area contributed by atoms with Crippen LogP contribution in [-0.4, -0.2) is 32.8 Å². The molecule has 0 amide bonds. The molecule has 3 N–H and O–H groups in total. The Morgan fingerprint density at radius 1 is 1.06 bits per heavy atom. The molecule has 2 unspecified atom stereocenters. The highest BCUT2D eigenvalue weighted by Gasteiger charge is 2.86. The van der Waals surface area contributed by atoms with Crippen LogP contribution in [-0.2, 0) is 4.74 Å². The second kappa shape index (κ2) is 3.94. The summed E-state index contributed by atoms with van der Waals surface area (Å²) in [5.41, 5.74) is 7.09. The average Bonchev–Trinajstić information content (AvgIpc) is 2.27. The first-order chi connectivity index (χ1) is 8.83. The van der Waals surface area contributed by atoms with Crippen molar-refractivity contribution in [3.63, 3.8) is 0 Å². The molecule has 3 heteroatoms. The summed E-state index contributed by atoms with van der Waals surface area (Å²) in [6.07, 6.45) is 7.71. The maximum atomic E-state index is 5.38. The van der Waals surface area contributed by atoms with Crippen LogP contribution in [0, 0.1) is 28.6 Å². The molecule has 18 heavy (non-hydrogen) atoms. The van der Waals surface area contributed by atoms with Crippen molar-refractivity contribution < 1.29 is 4.74 Å². The largest absolute Gasteiger partial charge is 0.379 e. The molecule has 0 aliphatic heterocycles. The Labute approximate surface area is 110 Å². The number of ether oxygens (including phenoxy) is 1. The Morgan fingerprint density at radius 3 is 2.44 bits per heavy atom. The highest BCUT2D eigenvalue weighted by Crippen LogP contribution is 2.93. The van der Waals surface area contributed by atoms with E-state index in [-0.39, 0.29) is 0 Å². The van der Waals surface area contributed by atoms with E-state index >= 15 is 0 Å². The minimum atomic E-state index is 0.635. The number of hydrogen-bond acceptors (Lipinski definition) is 3. The maximum Gasteiger partial charge on any atom is 0.0591 e. The maximum absolute atomic E-state index is 5.38. The second-order valence-corrected chi connectivity index (χ2v) is 7.08. The lowest BCUT2D eigenvalue weighted by molar-refractivity contribution is -0.433. The van der Waals surface area contributed by atoms with Crippen molar-refractivity contribution in [3.05, 3.63) is 0 Å². The zero-order valence-electron chi connectivity index (χ0n) is 11.3. The summed E-state index contributed by atoms with van der Waals surface area (Å²) in [7, 11) is 0. The van der Waals surface area contributed by atoms with E-state index in [4.69, 9.17) is 10.5 Å². The lowest BCUT2D eigenvalue weighted by atomic mass is 9.13. The quantitative estimate of drug-likeness (QED) is 0.640. The summed E-state index contributed by atoms with van der Waals surface area (Å²) in [6.45, 7) is 4.32. The van der Waals surface area contributed by atoms with E-state index in [1.807, 2.05) is 0 Å². The Bertz CT molecular complexity index is 318. The van der Waals surface area contributed by atoms with Crippen LogP contribution >= 0.6 is 0 Å². The van der Waals surface area contributed by atoms with Gasteiger partial charge in [-0.25, -0.2) is 0 Å². The predicted molar refractivity (Wildman–Crippen MR) is 71.2 cm³/mol. The Kier molecular flexibility index (Phi) is 2.56. The molecule has 4 saturated carbocycles. The molecule has 0 bridgehead atoms. The molecule has 102 valence electrons. The number of nitrogens with one attached hydrogen (secondary N) is 1. The van der Waals surface area contributed by atoms with Crippen LogP contribution in [0.25, 0.3) is 0 Å². The van der Waals surface area contributed by atoms with E-state index in [1.54, 1.807) is 25.7 Å². The van der Waals surface area contributed by atoms with E-state index < -0.39 is 0 Å². The topological polar surface area (TPSA) is 47.3 Å². The first-order valence-corrected chi connectivity index (χ1v) is 7.82. The SMILES string of the molecule is NCCOCCNCCC12CC3CC4CC(C1)C432. The van der Waals surface area contributed by atoms with E-state index in [9.17, 15) is 0 Å². The molecule has 0 heterocycles. The van der Waals surface area contributed by atoms with Gasteiger partial charge in [0.2, 0.25) is 0 Å². The Balaban J connectivity index is 1.17. The first-order valence-electron chi connectivity index (χ1n) is 7.82. The van der Waals surface area contributed by atoms with Gasteiger partial charge in [0.25, 0.3) is 0 Å². The minimum Gasteiger partial charge on any atom is -0.379 e. The molecule has 1 spiro atoms. The third-order valence-corrected chi connectivity index (χ3v) is 6.82. The van der Waals surface area contributed by atoms with Crippen LogP contribution in [0.3, 0.4) is 0 Å². The lowest BCUT2D eigenvalue weighted by Crippen LogP contribution is -2.85. The molecule has 4 fully saturated rings. The molecular formula is C15H26N2O. The van der Waals surface area contributed by atoms with Crippen molar-refractivity contribution in [2.24, 2.45) is 34.3 Å².